The number of carbonyl (C=O) groups is 2. The topological polar surface area (TPSA) is 100 Å². The van der Waals surface area contributed by atoms with Gasteiger partial charge in [-0.3, -0.25) is 9.69 Å². The second-order valence-electron chi connectivity index (χ2n) is 8.09. The molecule has 2 fully saturated rings. The van der Waals surface area contributed by atoms with E-state index in [4.69, 9.17) is 26.8 Å². The first-order valence-corrected chi connectivity index (χ1v) is 11.6. The number of piperidine rings is 1. The predicted molar refractivity (Wildman–Crippen MR) is 124 cm³/mol. The molecule has 32 heavy (non-hydrogen) atoms. The lowest BCUT2D eigenvalue weighted by molar-refractivity contribution is -0.0164. The number of anilines is 1. The molecule has 1 aromatic rings. The fourth-order valence-corrected chi connectivity index (χ4v) is 4.45. The third-order valence-corrected chi connectivity index (χ3v) is 6.48. The number of nitrogens with zero attached hydrogens (tertiary/aromatic N) is 3. The van der Waals surface area contributed by atoms with E-state index < -0.39 is 0 Å². The number of hydrogen-bond acceptors (Lipinski definition) is 6. The molecule has 178 valence electrons. The number of urea groups is 1. The van der Waals surface area contributed by atoms with Crippen molar-refractivity contribution < 1.29 is 19.1 Å². The Kier molecular flexibility index (Phi) is 8.44. The van der Waals surface area contributed by atoms with Crippen LogP contribution in [0.1, 0.15) is 30.6 Å². The molecule has 0 radical (unpaired) electrons. The van der Waals surface area contributed by atoms with Crippen LogP contribution in [-0.4, -0.2) is 98.3 Å². The zero-order valence-electron chi connectivity index (χ0n) is 19.1. The number of carbonyl (C=O) groups excluding carboxylic acids is 2. The van der Waals surface area contributed by atoms with Gasteiger partial charge in [-0.2, -0.15) is 0 Å². The summed E-state index contributed by atoms with van der Waals surface area (Å²) in [6, 6.07) is 3.07. The summed E-state index contributed by atoms with van der Waals surface area (Å²) in [6.07, 6.45) is 0.602. The Hall–Kier alpha value is -2.23. The predicted octanol–water partition coefficient (Wildman–Crippen LogP) is 1.90. The van der Waals surface area contributed by atoms with Gasteiger partial charge in [0.15, 0.2) is 0 Å². The van der Waals surface area contributed by atoms with Gasteiger partial charge in [0.1, 0.15) is 5.75 Å². The Balaban J connectivity index is 1.59. The largest absolute Gasteiger partial charge is 0.496 e. The SMILES string of the molecule is CCO[C@@H]1CN(CCN2CCN(CC)C2=O)CC[C@@H]1NC(=O)c1cc(Cl)c(N)cc1OC. The number of nitrogens with one attached hydrogen (secondary N) is 1. The minimum atomic E-state index is -0.269. The Bertz CT molecular complexity index is 824. The molecule has 9 nitrogen and oxygen atoms in total. The Morgan fingerprint density at radius 3 is 2.62 bits per heavy atom. The number of hydrogen-bond donors (Lipinski definition) is 2. The van der Waals surface area contributed by atoms with Gasteiger partial charge in [-0.1, -0.05) is 11.6 Å². The molecule has 0 saturated carbocycles. The summed E-state index contributed by atoms with van der Waals surface area (Å²) in [6.45, 7) is 9.81. The number of nitrogen functional groups attached to an aromatic ring is 1. The summed E-state index contributed by atoms with van der Waals surface area (Å²) in [5.41, 5.74) is 6.53. The highest BCUT2D eigenvalue weighted by Gasteiger charge is 2.33. The lowest BCUT2D eigenvalue weighted by Crippen LogP contribution is -2.56. The van der Waals surface area contributed by atoms with Gasteiger partial charge in [-0.25, -0.2) is 4.79 Å². The zero-order chi connectivity index (χ0) is 23.3. The van der Waals surface area contributed by atoms with E-state index in [1.165, 1.54) is 13.2 Å². The highest BCUT2D eigenvalue weighted by molar-refractivity contribution is 6.33. The van der Waals surface area contributed by atoms with Gasteiger partial charge in [0.05, 0.1) is 35.5 Å². The Labute approximate surface area is 194 Å². The van der Waals surface area contributed by atoms with E-state index in [9.17, 15) is 9.59 Å². The Morgan fingerprint density at radius 2 is 1.97 bits per heavy atom. The first-order valence-electron chi connectivity index (χ1n) is 11.2. The number of halogens is 1. The van der Waals surface area contributed by atoms with Crippen molar-refractivity contribution >= 4 is 29.2 Å². The van der Waals surface area contributed by atoms with Gasteiger partial charge >= 0.3 is 6.03 Å². The van der Waals surface area contributed by atoms with Gasteiger partial charge in [-0.15, -0.1) is 0 Å². The van der Waals surface area contributed by atoms with Crippen molar-refractivity contribution in [2.75, 3.05) is 65.3 Å². The van der Waals surface area contributed by atoms with E-state index in [2.05, 4.69) is 10.2 Å². The molecule has 0 unspecified atom stereocenters. The number of amides is 3. The van der Waals surface area contributed by atoms with E-state index in [1.807, 2.05) is 23.6 Å². The maximum atomic E-state index is 13.0. The minimum absolute atomic E-state index is 0.118. The molecule has 2 atom stereocenters. The van der Waals surface area contributed by atoms with Gasteiger partial charge in [0.25, 0.3) is 5.91 Å². The van der Waals surface area contributed by atoms with Crippen LogP contribution in [0.15, 0.2) is 12.1 Å². The quantitative estimate of drug-likeness (QED) is 0.538. The standard InChI is InChI=1S/C22H34ClN5O4/c1-4-27-10-11-28(22(27)30)9-8-26-7-6-18(20(14-26)32-5-2)25-21(29)15-12-16(23)17(24)13-19(15)31-3/h12-13,18,20H,4-11,14,24H2,1-3H3,(H,25,29)/t18-,20+/m0/s1. The zero-order valence-corrected chi connectivity index (χ0v) is 19.9. The van der Waals surface area contributed by atoms with E-state index in [0.717, 1.165) is 39.1 Å². The van der Waals surface area contributed by atoms with Crippen molar-refractivity contribution in [1.82, 2.24) is 20.0 Å². The normalized spacial score (nSPS) is 21.8. The van der Waals surface area contributed by atoms with Crippen molar-refractivity contribution in [2.24, 2.45) is 0 Å². The summed E-state index contributed by atoms with van der Waals surface area (Å²) >= 11 is 6.12. The first-order chi connectivity index (χ1) is 15.4. The molecule has 0 aromatic heterocycles. The third kappa shape index (κ3) is 5.57. The molecule has 2 saturated heterocycles. The molecule has 3 amide bonds. The van der Waals surface area contributed by atoms with Crippen molar-refractivity contribution in [2.45, 2.75) is 32.4 Å². The van der Waals surface area contributed by atoms with Gasteiger partial charge in [-0.05, 0) is 26.3 Å². The smallest absolute Gasteiger partial charge is 0.320 e. The molecule has 2 heterocycles. The molecular formula is C22H34ClN5O4. The molecule has 3 N–H and O–H groups in total. The molecule has 0 aliphatic carbocycles. The Morgan fingerprint density at radius 1 is 1.22 bits per heavy atom. The number of methoxy groups -OCH3 is 1. The number of nitrogens with two attached hydrogens (primary N) is 1. The third-order valence-electron chi connectivity index (χ3n) is 6.15. The number of ether oxygens (including phenoxy) is 2. The second-order valence-corrected chi connectivity index (χ2v) is 8.49. The van der Waals surface area contributed by atoms with E-state index in [-0.39, 0.29) is 24.1 Å². The average molecular weight is 468 g/mol. The molecule has 2 aliphatic rings. The molecule has 3 rings (SSSR count). The van der Waals surface area contributed by atoms with Crippen LogP contribution in [0.25, 0.3) is 0 Å². The van der Waals surface area contributed by atoms with Crippen molar-refractivity contribution in [1.29, 1.82) is 0 Å². The molecule has 0 bridgehead atoms. The fraction of sp³-hybridized carbons (Fsp3) is 0.636. The van der Waals surface area contributed by atoms with E-state index >= 15 is 0 Å². The molecular weight excluding hydrogens is 434 g/mol. The van der Waals surface area contributed by atoms with Crippen LogP contribution in [0.2, 0.25) is 5.02 Å². The van der Waals surface area contributed by atoms with Gasteiger partial charge in [0, 0.05) is 58.5 Å². The maximum absolute atomic E-state index is 13.0. The van der Waals surface area contributed by atoms with Gasteiger partial charge in [0.2, 0.25) is 0 Å². The molecule has 0 spiro atoms. The number of benzene rings is 1. The van der Waals surface area contributed by atoms with Crippen molar-refractivity contribution in [3.8, 4) is 5.75 Å². The summed E-state index contributed by atoms with van der Waals surface area (Å²) in [7, 11) is 1.49. The summed E-state index contributed by atoms with van der Waals surface area (Å²) in [5, 5.41) is 3.40. The summed E-state index contributed by atoms with van der Waals surface area (Å²) in [4.78, 5) is 31.4. The first kappa shape index (κ1) is 24.4. The van der Waals surface area contributed by atoms with Crippen molar-refractivity contribution in [3.63, 3.8) is 0 Å². The van der Waals surface area contributed by atoms with Gasteiger partial charge < -0.3 is 30.3 Å². The van der Waals surface area contributed by atoms with E-state index in [0.29, 0.717) is 41.7 Å². The molecule has 10 heteroatoms. The molecule has 2 aliphatic heterocycles. The van der Waals surface area contributed by atoms with E-state index in [1.54, 1.807) is 6.07 Å². The highest BCUT2D eigenvalue weighted by atomic mass is 35.5. The summed E-state index contributed by atoms with van der Waals surface area (Å²) < 4.78 is 11.3. The number of likely N-dealkylation sites (tertiary alicyclic amines) is 1. The molecule has 1 aromatic carbocycles. The lowest BCUT2D eigenvalue weighted by atomic mass is 10.0. The van der Waals surface area contributed by atoms with Crippen LogP contribution >= 0.6 is 11.6 Å². The minimum Gasteiger partial charge on any atom is -0.496 e. The monoisotopic (exact) mass is 467 g/mol. The average Bonchev–Trinajstić information content (AvgIpc) is 3.14. The highest BCUT2D eigenvalue weighted by Crippen LogP contribution is 2.29. The number of rotatable bonds is 9. The van der Waals surface area contributed by atoms with Crippen LogP contribution in [0, 0.1) is 0 Å². The summed E-state index contributed by atoms with van der Waals surface area (Å²) in [5.74, 6) is 0.112. The fourth-order valence-electron chi connectivity index (χ4n) is 4.29. The maximum Gasteiger partial charge on any atom is 0.320 e. The van der Waals surface area contributed by atoms with Crippen molar-refractivity contribution in [3.05, 3.63) is 22.7 Å². The van der Waals surface area contributed by atoms with Crippen LogP contribution in [0.4, 0.5) is 10.5 Å². The van der Waals surface area contributed by atoms with Crippen LogP contribution in [0.3, 0.4) is 0 Å². The number of likely N-dealkylation sites (N-methyl/N-ethyl adjacent to an activating group) is 1. The van der Waals surface area contributed by atoms with Crippen LogP contribution in [-0.2, 0) is 4.74 Å². The van der Waals surface area contributed by atoms with Crippen LogP contribution in [0.5, 0.6) is 5.75 Å². The van der Waals surface area contributed by atoms with Crippen LogP contribution < -0.4 is 15.8 Å². The second kappa shape index (κ2) is 11.1. The lowest BCUT2D eigenvalue weighted by Gasteiger charge is -2.39.